The summed E-state index contributed by atoms with van der Waals surface area (Å²) in [5.41, 5.74) is 0.351. The molecule has 0 saturated carbocycles. The molecule has 0 atom stereocenters. The maximum absolute atomic E-state index is 11.8. The summed E-state index contributed by atoms with van der Waals surface area (Å²) >= 11 is 9.11. The fourth-order valence-corrected chi connectivity index (χ4v) is 1.78. The SMILES string of the molecule is CN(C)CCOCCNC(=O)c1cc(Br)cnc1Cl. The lowest BCUT2D eigenvalue weighted by molar-refractivity contribution is 0.0900. The van der Waals surface area contributed by atoms with Crippen LogP contribution in [-0.4, -0.2) is 56.2 Å². The van der Waals surface area contributed by atoms with Gasteiger partial charge in [-0.15, -0.1) is 0 Å². The topological polar surface area (TPSA) is 54.5 Å². The van der Waals surface area contributed by atoms with E-state index < -0.39 is 0 Å². The van der Waals surface area contributed by atoms with E-state index in [0.29, 0.717) is 29.8 Å². The van der Waals surface area contributed by atoms with Crippen LogP contribution in [0.5, 0.6) is 0 Å². The molecule has 1 heterocycles. The molecule has 106 valence electrons. The lowest BCUT2D eigenvalue weighted by Gasteiger charge is -2.10. The minimum atomic E-state index is -0.255. The van der Waals surface area contributed by atoms with Crippen molar-refractivity contribution in [2.75, 3.05) is 40.4 Å². The maximum atomic E-state index is 11.8. The number of nitrogens with zero attached hydrogens (tertiary/aromatic N) is 2. The molecule has 0 fully saturated rings. The van der Waals surface area contributed by atoms with Crippen LogP contribution in [0.3, 0.4) is 0 Å². The van der Waals surface area contributed by atoms with Crippen molar-refractivity contribution in [3.8, 4) is 0 Å². The van der Waals surface area contributed by atoms with Crippen LogP contribution in [-0.2, 0) is 4.74 Å². The van der Waals surface area contributed by atoms with Gasteiger partial charge in [0, 0.05) is 23.8 Å². The number of carbonyl (C=O) groups is 1. The van der Waals surface area contributed by atoms with Crippen LogP contribution in [0.4, 0.5) is 0 Å². The minimum absolute atomic E-state index is 0.189. The van der Waals surface area contributed by atoms with E-state index in [4.69, 9.17) is 16.3 Å². The second kappa shape index (κ2) is 8.47. The Morgan fingerprint density at radius 2 is 2.26 bits per heavy atom. The number of amides is 1. The third-order valence-electron chi connectivity index (χ3n) is 2.27. The zero-order valence-corrected chi connectivity index (χ0v) is 13.3. The first-order valence-corrected chi connectivity index (χ1v) is 6.99. The first-order valence-electron chi connectivity index (χ1n) is 5.82. The number of aromatic nitrogens is 1. The van der Waals surface area contributed by atoms with E-state index in [1.54, 1.807) is 12.3 Å². The molecule has 0 bridgehead atoms. The Morgan fingerprint density at radius 1 is 1.53 bits per heavy atom. The van der Waals surface area contributed by atoms with Crippen molar-refractivity contribution in [1.29, 1.82) is 0 Å². The van der Waals surface area contributed by atoms with Crippen molar-refractivity contribution in [3.05, 3.63) is 27.5 Å². The molecular formula is C12H17BrClN3O2. The molecule has 0 aliphatic heterocycles. The van der Waals surface area contributed by atoms with Crippen molar-refractivity contribution in [1.82, 2.24) is 15.2 Å². The maximum Gasteiger partial charge on any atom is 0.254 e. The van der Waals surface area contributed by atoms with E-state index in [2.05, 4.69) is 26.2 Å². The highest BCUT2D eigenvalue weighted by molar-refractivity contribution is 9.10. The molecule has 1 aromatic rings. The standard InChI is InChI=1S/C12H17BrClN3O2/c1-17(2)4-6-19-5-3-15-12(18)10-7-9(13)8-16-11(10)14/h7-8H,3-6H2,1-2H3,(H,15,18). The smallest absolute Gasteiger partial charge is 0.254 e. The number of ether oxygens (including phenoxy) is 1. The summed E-state index contributed by atoms with van der Waals surface area (Å²) in [6.07, 6.45) is 1.55. The van der Waals surface area contributed by atoms with E-state index in [-0.39, 0.29) is 11.1 Å². The zero-order valence-electron chi connectivity index (χ0n) is 10.9. The Hall–Kier alpha value is -0.690. The first kappa shape index (κ1) is 16.4. The Kier molecular flexibility index (Phi) is 7.30. The summed E-state index contributed by atoms with van der Waals surface area (Å²) < 4.78 is 6.08. The summed E-state index contributed by atoms with van der Waals surface area (Å²) in [4.78, 5) is 17.8. The van der Waals surface area contributed by atoms with Gasteiger partial charge in [-0.25, -0.2) is 4.98 Å². The van der Waals surface area contributed by atoms with Crippen molar-refractivity contribution >= 4 is 33.4 Å². The molecule has 0 aliphatic rings. The van der Waals surface area contributed by atoms with Gasteiger partial charge in [-0.1, -0.05) is 11.6 Å². The number of hydrogen-bond donors (Lipinski definition) is 1. The lowest BCUT2D eigenvalue weighted by Crippen LogP contribution is -2.28. The van der Waals surface area contributed by atoms with Gasteiger partial charge in [0.05, 0.1) is 18.8 Å². The van der Waals surface area contributed by atoms with Crippen LogP contribution in [0.25, 0.3) is 0 Å². The molecule has 0 aliphatic carbocycles. The molecule has 1 rings (SSSR count). The molecule has 0 spiro atoms. The Balaban J connectivity index is 2.29. The second-order valence-corrected chi connectivity index (χ2v) is 5.44. The van der Waals surface area contributed by atoms with Crippen LogP contribution in [0.15, 0.2) is 16.7 Å². The van der Waals surface area contributed by atoms with E-state index in [9.17, 15) is 4.79 Å². The molecule has 1 aromatic heterocycles. The second-order valence-electron chi connectivity index (χ2n) is 4.16. The molecule has 1 amide bonds. The van der Waals surface area contributed by atoms with Crippen molar-refractivity contribution < 1.29 is 9.53 Å². The highest BCUT2D eigenvalue weighted by Crippen LogP contribution is 2.17. The van der Waals surface area contributed by atoms with Gasteiger partial charge < -0.3 is 15.0 Å². The third kappa shape index (κ3) is 6.33. The van der Waals surface area contributed by atoms with E-state index >= 15 is 0 Å². The summed E-state index contributed by atoms with van der Waals surface area (Å²) in [5.74, 6) is -0.255. The van der Waals surface area contributed by atoms with Gasteiger partial charge in [-0.2, -0.15) is 0 Å². The number of hydrogen-bond acceptors (Lipinski definition) is 4. The van der Waals surface area contributed by atoms with Crippen LogP contribution in [0, 0.1) is 0 Å². The largest absolute Gasteiger partial charge is 0.378 e. The summed E-state index contributed by atoms with van der Waals surface area (Å²) in [6, 6.07) is 1.64. The van der Waals surface area contributed by atoms with Gasteiger partial charge in [-0.3, -0.25) is 4.79 Å². The number of carbonyl (C=O) groups excluding carboxylic acids is 1. The number of nitrogens with one attached hydrogen (secondary N) is 1. The molecule has 19 heavy (non-hydrogen) atoms. The number of likely N-dealkylation sites (N-methyl/N-ethyl adjacent to an activating group) is 1. The predicted molar refractivity (Wildman–Crippen MR) is 78.7 cm³/mol. The normalized spacial score (nSPS) is 10.8. The average Bonchev–Trinajstić information content (AvgIpc) is 2.36. The van der Waals surface area contributed by atoms with Crippen molar-refractivity contribution in [2.45, 2.75) is 0 Å². The van der Waals surface area contributed by atoms with Crippen LogP contribution in [0.2, 0.25) is 5.15 Å². The highest BCUT2D eigenvalue weighted by Gasteiger charge is 2.11. The third-order valence-corrected chi connectivity index (χ3v) is 3.00. The van der Waals surface area contributed by atoms with E-state index in [0.717, 1.165) is 6.54 Å². The zero-order chi connectivity index (χ0) is 14.3. The van der Waals surface area contributed by atoms with Gasteiger partial charge in [0.1, 0.15) is 5.15 Å². The van der Waals surface area contributed by atoms with Crippen LogP contribution >= 0.6 is 27.5 Å². The molecular weight excluding hydrogens is 334 g/mol. The quantitative estimate of drug-likeness (QED) is 0.602. The van der Waals surface area contributed by atoms with Crippen LogP contribution in [0.1, 0.15) is 10.4 Å². The Labute approximate surface area is 126 Å². The number of pyridine rings is 1. The number of halogens is 2. The minimum Gasteiger partial charge on any atom is -0.378 e. The van der Waals surface area contributed by atoms with Crippen molar-refractivity contribution in [2.24, 2.45) is 0 Å². The van der Waals surface area contributed by atoms with Gasteiger partial charge in [0.15, 0.2) is 0 Å². The van der Waals surface area contributed by atoms with Gasteiger partial charge >= 0.3 is 0 Å². The summed E-state index contributed by atoms with van der Waals surface area (Å²) in [7, 11) is 3.96. The molecule has 0 aromatic carbocycles. The fraction of sp³-hybridized carbons (Fsp3) is 0.500. The fourth-order valence-electron chi connectivity index (χ4n) is 1.26. The van der Waals surface area contributed by atoms with E-state index in [1.165, 1.54) is 0 Å². The predicted octanol–water partition coefficient (Wildman–Crippen LogP) is 1.81. The molecule has 7 heteroatoms. The monoisotopic (exact) mass is 349 g/mol. The average molecular weight is 351 g/mol. The number of rotatable bonds is 7. The molecule has 0 radical (unpaired) electrons. The van der Waals surface area contributed by atoms with Gasteiger partial charge in [0.2, 0.25) is 0 Å². The molecule has 0 unspecified atom stereocenters. The molecule has 5 nitrogen and oxygen atoms in total. The van der Waals surface area contributed by atoms with Crippen LogP contribution < -0.4 is 5.32 Å². The van der Waals surface area contributed by atoms with E-state index in [1.807, 2.05) is 19.0 Å². The molecule has 1 N–H and O–H groups in total. The summed E-state index contributed by atoms with van der Waals surface area (Å²) in [6.45, 7) is 2.41. The highest BCUT2D eigenvalue weighted by atomic mass is 79.9. The Bertz CT molecular complexity index is 429. The van der Waals surface area contributed by atoms with Crippen molar-refractivity contribution in [3.63, 3.8) is 0 Å². The van der Waals surface area contributed by atoms with Gasteiger partial charge in [-0.05, 0) is 36.1 Å². The lowest BCUT2D eigenvalue weighted by atomic mass is 10.2. The Morgan fingerprint density at radius 3 is 2.95 bits per heavy atom. The first-order chi connectivity index (χ1) is 9.00. The molecule has 0 saturated heterocycles. The summed E-state index contributed by atoms with van der Waals surface area (Å²) in [5, 5.41) is 2.92. The van der Waals surface area contributed by atoms with Gasteiger partial charge in [0.25, 0.3) is 5.91 Å².